The minimum Gasteiger partial charge on any atom is -0.193 e. The summed E-state index contributed by atoms with van der Waals surface area (Å²) in [5.41, 5.74) is 0. The third kappa shape index (κ3) is 3.96. The summed E-state index contributed by atoms with van der Waals surface area (Å²) in [6.45, 7) is 0. The maximum absolute atomic E-state index is 11.8. The monoisotopic (exact) mass is 362 g/mol. The normalized spacial score (nSPS) is 11.6. The van der Waals surface area contributed by atoms with Gasteiger partial charge in [0.1, 0.15) is 0 Å². The van der Waals surface area contributed by atoms with Crippen LogP contribution in [0.2, 0.25) is 0 Å². The average Bonchev–Trinajstić information content (AvgIpc) is 2.40. The van der Waals surface area contributed by atoms with E-state index in [2.05, 4.69) is 3.63 Å². The van der Waals surface area contributed by atoms with Crippen molar-refractivity contribution in [2.24, 2.45) is 0 Å². The standard InChI is InChI=1S/C12H10O5S2.Zn/c13-18(14,11-7-3-1-4-8-11)17-19(15,16)12-9-5-2-6-10-12;/h1-10H;. The molecule has 20 heavy (non-hydrogen) atoms. The molecule has 0 N–H and O–H groups in total. The van der Waals surface area contributed by atoms with Crippen LogP contribution in [0.5, 0.6) is 0 Å². The SMILES string of the molecule is O=S(=O)(OS(=O)(=O)c1ccccc1)c1ccccc1.[Zn]. The van der Waals surface area contributed by atoms with Crippen molar-refractivity contribution in [3.8, 4) is 0 Å². The third-order valence-corrected chi connectivity index (χ3v) is 5.38. The van der Waals surface area contributed by atoms with Crippen molar-refractivity contribution in [1.82, 2.24) is 0 Å². The molecule has 0 bridgehead atoms. The Morgan fingerprint density at radius 1 is 0.600 bits per heavy atom. The molecule has 0 heterocycles. The van der Waals surface area contributed by atoms with E-state index in [0.29, 0.717) is 0 Å². The number of hydrogen-bond donors (Lipinski definition) is 0. The molecule has 0 atom stereocenters. The van der Waals surface area contributed by atoms with Crippen molar-refractivity contribution in [2.45, 2.75) is 9.79 Å². The molecule has 0 fully saturated rings. The van der Waals surface area contributed by atoms with Crippen LogP contribution in [0, 0.1) is 0 Å². The summed E-state index contributed by atoms with van der Waals surface area (Å²) in [5, 5.41) is 0. The Balaban J connectivity index is 0.00000200. The van der Waals surface area contributed by atoms with Gasteiger partial charge in [-0.2, -0.15) is 16.8 Å². The predicted octanol–water partition coefficient (Wildman–Crippen LogP) is 1.78. The van der Waals surface area contributed by atoms with E-state index in [1.165, 1.54) is 48.5 Å². The van der Waals surface area contributed by atoms with Gasteiger partial charge in [-0.15, -0.1) is 3.63 Å². The molecule has 0 saturated heterocycles. The fourth-order valence-electron chi connectivity index (χ4n) is 1.37. The molecule has 8 heteroatoms. The third-order valence-electron chi connectivity index (χ3n) is 2.24. The van der Waals surface area contributed by atoms with Crippen molar-refractivity contribution >= 4 is 20.2 Å². The van der Waals surface area contributed by atoms with Crippen LogP contribution in [-0.2, 0) is 43.3 Å². The minimum atomic E-state index is -4.35. The van der Waals surface area contributed by atoms with E-state index in [1.54, 1.807) is 12.1 Å². The van der Waals surface area contributed by atoms with E-state index in [0.717, 1.165) is 0 Å². The van der Waals surface area contributed by atoms with E-state index in [9.17, 15) is 16.8 Å². The van der Waals surface area contributed by atoms with Crippen molar-refractivity contribution in [1.29, 1.82) is 0 Å². The van der Waals surface area contributed by atoms with Crippen LogP contribution in [0.1, 0.15) is 0 Å². The Labute approximate surface area is 130 Å². The van der Waals surface area contributed by atoms with Crippen molar-refractivity contribution in [3.63, 3.8) is 0 Å². The molecule has 0 aliphatic heterocycles. The Hall–Kier alpha value is -1.08. The molecule has 0 amide bonds. The van der Waals surface area contributed by atoms with Crippen molar-refractivity contribution in [3.05, 3.63) is 60.7 Å². The van der Waals surface area contributed by atoms with Gasteiger partial charge in [-0.05, 0) is 24.3 Å². The Kier molecular flexibility index (Phi) is 5.59. The average molecular weight is 364 g/mol. The Morgan fingerprint density at radius 2 is 0.900 bits per heavy atom. The first-order valence-corrected chi connectivity index (χ1v) is 8.05. The summed E-state index contributed by atoms with van der Waals surface area (Å²) in [7, 11) is -8.71. The zero-order valence-corrected chi connectivity index (χ0v) is 14.9. The van der Waals surface area contributed by atoms with Gasteiger partial charge in [0.05, 0.1) is 9.79 Å². The van der Waals surface area contributed by atoms with Gasteiger partial charge >= 0.3 is 20.2 Å². The van der Waals surface area contributed by atoms with Gasteiger partial charge in [-0.1, -0.05) is 36.4 Å². The molecule has 5 nitrogen and oxygen atoms in total. The van der Waals surface area contributed by atoms with Gasteiger partial charge < -0.3 is 0 Å². The molecule has 2 aromatic rings. The van der Waals surface area contributed by atoms with E-state index in [4.69, 9.17) is 0 Å². The second kappa shape index (κ2) is 6.58. The molecule has 2 aromatic carbocycles. The molecule has 102 valence electrons. The minimum absolute atomic E-state index is 0. The van der Waals surface area contributed by atoms with Crippen LogP contribution in [0.25, 0.3) is 0 Å². The van der Waals surface area contributed by atoms with E-state index >= 15 is 0 Å². The second-order valence-corrected chi connectivity index (χ2v) is 6.91. The van der Waals surface area contributed by atoms with E-state index in [1.807, 2.05) is 0 Å². The smallest absolute Gasteiger partial charge is 0.193 e. The van der Waals surface area contributed by atoms with Gasteiger partial charge in [0, 0.05) is 19.5 Å². The van der Waals surface area contributed by atoms with E-state index in [-0.39, 0.29) is 29.3 Å². The topological polar surface area (TPSA) is 77.5 Å². The molecule has 2 rings (SSSR count). The molecule has 0 aliphatic carbocycles. The molecule has 0 unspecified atom stereocenters. The van der Waals surface area contributed by atoms with Gasteiger partial charge in [0.2, 0.25) is 0 Å². The van der Waals surface area contributed by atoms with Crippen LogP contribution in [0.15, 0.2) is 70.5 Å². The van der Waals surface area contributed by atoms with Gasteiger partial charge in [-0.25, -0.2) is 0 Å². The van der Waals surface area contributed by atoms with Crippen LogP contribution < -0.4 is 0 Å². The summed E-state index contributed by atoms with van der Waals surface area (Å²) in [4.78, 5) is -0.427. The van der Waals surface area contributed by atoms with Crippen molar-refractivity contribution in [2.75, 3.05) is 0 Å². The molecule has 0 aromatic heterocycles. The van der Waals surface area contributed by atoms with Crippen LogP contribution in [0.3, 0.4) is 0 Å². The molecule has 0 aliphatic rings. The molecular weight excluding hydrogens is 354 g/mol. The van der Waals surface area contributed by atoms with Crippen LogP contribution in [0.4, 0.5) is 0 Å². The second-order valence-electron chi connectivity index (χ2n) is 3.60. The summed E-state index contributed by atoms with van der Waals surface area (Å²) in [5.74, 6) is 0. The summed E-state index contributed by atoms with van der Waals surface area (Å²) < 4.78 is 51.6. The molecule has 0 radical (unpaired) electrons. The Morgan fingerprint density at radius 3 is 1.20 bits per heavy atom. The number of hydrogen-bond acceptors (Lipinski definition) is 5. The first kappa shape index (κ1) is 17.0. The summed E-state index contributed by atoms with van der Waals surface area (Å²) in [6, 6.07) is 14.2. The zero-order chi connectivity index (χ0) is 13.9. The maximum Gasteiger partial charge on any atom is 0.311 e. The molecule has 0 saturated carbocycles. The predicted molar refractivity (Wildman–Crippen MR) is 68.3 cm³/mol. The zero-order valence-electron chi connectivity index (χ0n) is 10.3. The van der Waals surface area contributed by atoms with Gasteiger partial charge in [0.15, 0.2) is 0 Å². The molecule has 0 spiro atoms. The summed E-state index contributed by atoms with van der Waals surface area (Å²) >= 11 is 0. The van der Waals surface area contributed by atoms with Gasteiger partial charge in [-0.3, -0.25) is 0 Å². The van der Waals surface area contributed by atoms with Crippen LogP contribution in [-0.4, -0.2) is 16.8 Å². The number of rotatable bonds is 4. The first-order valence-electron chi connectivity index (χ1n) is 5.23. The van der Waals surface area contributed by atoms with E-state index < -0.39 is 20.2 Å². The van der Waals surface area contributed by atoms with Crippen molar-refractivity contribution < 1.29 is 39.9 Å². The van der Waals surface area contributed by atoms with Gasteiger partial charge in [0.25, 0.3) is 0 Å². The fraction of sp³-hybridized carbons (Fsp3) is 0. The summed E-state index contributed by atoms with van der Waals surface area (Å²) in [6.07, 6.45) is 0. The quantitative estimate of drug-likeness (QED) is 0.774. The largest absolute Gasteiger partial charge is 0.311 e. The fourth-order valence-corrected chi connectivity index (χ4v) is 3.92. The van der Waals surface area contributed by atoms with Crippen LogP contribution >= 0.6 is 0 Å². The molecular formula is C12H10O5S2Zn. The maximum atomic E-state index is 11.8. The first-order chi connectivity index (χ1) is 8.92. The number of benzene rings is 2. The Bertz CT molecular complexity index is 689.